The molecule has 9 heteroatoms. The number of carbonyl (C=O) groups excluding carboxylic acids is 1. The van der Waals surface area contributed by atoms with Crippen molar-refractivity contribution in [2.45, 2.75) is 76.4 Å². The number of rotatable bonds is 2. The van der Waals surface area contributed by atoms with Gasteiger partial charge in [-0.05, 0) is 45.7 Å². The maximum absolute atomic E-state index is 14.2. The van der Waals surface area contributed by atoms with Gasteiger partial charge in [0.25, 0.3) is 0 Å². The number of carbonyl (C=O) groups is 1. The first-order chi connectivity index (χ1) is 12.8. The highest BCUT2D eigenvalue weighted by Gasteiger charge is 2.46. The molecule has 2 bridgehead atoms. The van der Waals surface area contributed by atoms with Crippen LogP contribution in [0.5, 0.6) is 5.75 Å². The molecule has 0 saturated carbocycles. The minimum Gasteiger partial charge on any atom is -0.487 e. The van der Waals surface area contributed by atoms with Gasteiger partial charge < -0.3 is 14.4 Å². The molecule has 156 valence electrons. The molecule has 4 nitrogen and oxygen atoms in total. The summed E-state index contributed by atoms with van der Waals surface area (Å²) in [5.41, 5.74) is -1.69. The Bertz CT molecular complexity index is 749. The number of halogens is 5. The molecule has 0 N–H and O–H groups in total. The smallest absolute Gasteiger partial charge is 0.416 e. The fourth-order valence-corrected chi connectivity index (χ4v) is 4.04. The second-order valence-corrected chi connectivity index (χ2v) is 8.66. The molecule has 2 aliphatic rings. The Hall–Kier alpha value is -1.70. The Kier molecular flexibility index (Phi) is 5.47. The predicted octanol–water partition coefficient (Wildman–Crippen LogP) is 5.81. The van der Waals surface area contributed by atoms with Gasteiger partial charge in [-0.15, -0.1) is 0 Å². The van der Waals surface area contributed by atoms with Crippen LogP contribution < -0.4 is 4.74 Å². The summed E-state index contributed by atoms with van der Waals surface area (Å²) < 4.78 is 64.2. The van der Waals surface area contributed by atoms with E-state index >= 15 is 0 Å². The van der Waals surface area contributed by atoms with Crippen LogP contribution in [0, 0.1) is 5.82 Å². The van der Waals surface area contributed by atoms with Crippen molar-refractivity contribution in [3.8, 4) is 5.75 Å². The third kappa shape index (κ3) is 4.47. The number of hydrogen-bond acceptors (Lipinski definition) is 3. The SMILES string of the molecule is CC(C)(C)OC(=O)N1C2CC[C@H]1CC(Oc1cc(C(F)(F)F)cc(Cl)c1F)C2. The third-order valence-corrected chi connectivity index (χ3v) is 5.18. The number of ether oxygens (including phenoxy) is 2. The van der Waals surface area contributed by atoms with E-state index in [0.29, 0.717) is 25.0 Å². The number of amides is 1. The minimum atomic E-state index is -4.66. The van der Waals surface area contributed by atoms with Crippen molar-refractivity contribution in [2.75, 3.05) is 0 Å². The molecule has 0 aliphatic carbocycles. The van der Waals surface area contributed by atoms with Crippen molar-refractivity contribution in [1.82, 2.24) is 4.90 Å². The quantitative estimate of drug-likeness (QED) is 0.564. The fourth-order valence-electron chi connectivity index (χ4n) is 3.83. The number of hydrogen-bond donors (Lipinski definition) is 0. The topological polar surface area (TPSA) is 38.8 Å². The van der Waals surface area contributed by atoms with E-state index in [4.69, 9.17) is 21.1 Å². The lowest BCUT2D eigenvalue weighted by molar-refractivity contribution is -0.137. The van der Waals surface area contributed by atoms with Gasteiger partial charge in [-0.25, -0.2) is 9.18 Å². The standard InChI is InChI=1S/C19H22ClF4NO3/c1-18(2,3)28-17(26)25-11-4-5-12(25)9-13(8-11)27-15-7-10(19(22,23)24)6-14(20)16(15)21/h6-7,11-13H,4-5,8-9H2,1-3H3/t11-,12?,13?/m0/s1. The Morgan fingerprint density at radius 1 is 1.14 bits per heavy atom. The zero-order valence-electron chi connectivity index (χ0n) is 15.8. The Morgan fingerprint density at radius 3 is 2.21 bits per heavy atom. The van der Waals surface area contributed by atoms with Crippen LogP contribution in [0.3, 0.4) is 0 Å². The molecule has 2 heterocycles. The fraction of sp³-hybridized carbons (Fsp3) is 0.632. The molecule has 1 amide bonds. The molecule has 0 aromatic heterocycles. The van der Waals surface area contributed by atoms with E-state index in [0.717, 1.165) is 12.8 Å². The minimum absolute atomic E-state index is 0.150. The van der Waals surface area contributed by atoms with Gasteiger partial charge >= 0.3 is 12.3 Å². The van der Waals surface area contributed by atoms with E-state index < -0.39 is 46.1 Å². The molecular formula is C19H22ClF4NO3. The maximum Gasteiger partial charge on any atom is 0.416 e. The Balaban J connectivity index is 1.74. The third-order valence-electron chi connectivity index (χ3n) is 4.91. The first-order valence-electron chi connectivity index (χ1n) is 9.09. The summed E-state index contributed by atoms with van der Waals surface area (Å²) in [6, 6.07) is 0.868. The van der Waals surface area contributed by atoms with Crippen molar-refractivity contribution in [3.05, 3.63) is 28.5 Å². The summed E-state index contributed by atoms with van der Waals surface area (Å²) in [6.45, 7) is 5.34. The van der Waals surface area contributed by atoms with Gasteiger partial charge in [0, 0.05) is 24.9 Å². The highest BCUT2D eigenvalue weighted by atomic mass is 35.5. The van der Waals surface area contributed by atoms with E-state index in [1.165, 1.54) is 0 Å². The normalized spacial score (nSPS) is 25.0. The van der Waals surface area contributed by atoms with Gasteiger partial charge in [-0.2, -0.15) is 13.2 Å². The second kappa shape index (κ2) is 7.28. The van der Waals surface area contributed by atoms with Crippen molar-refractivity contribution < 1.29 is 31.8 Å². The zero-order chi connectivity index (χ0) is 20.9. The molecule has 2 fully saturated rings. The predicted molar refractivity (Wildman–Crippen MR) is 94.9 cm³/mol. The summed E-state index contributed by atoms with van der Waals surface area (Å²) in [5, 5.41) is -0.640. The van der Waals surface area contributed by atoms with Crippen LogP contribution in [0.4, 0.5) is 22.4 Å². The lowest BCUT2D eigenvalue weighted by atomic mass is 10.00. The molecule has 0 radical (unpaired) electrons. The van der Waals surface area contributed by atoms with Crippen LogP contribution in [-0.2, 0) is 10.9 Å². The summed E-state index contributed by atoms with van der Waals surface area (Å²) >= 11 is 5.61. The molecule has 3 atom stereocenters. The molecule has 2 aliphatic heterocycles. The maximum atomic E-state index is 14.2. The summed E-state index contributed by atoms with van der Waals surface area (Å²) in [4.78, 5) is 14.1. The molecule has 1 aromatic rings. The van der Waals surface area contributed by atoms with Crippen LogP contribution in [0.1, 0.15) is 52.0 Å². The lowest BCUT2D eigenvalue weighted by Gasteiger charge is -2.39. The van der Waals surface area contributed by atoms with Crippen LogP contribution >= 0.6 is 11.6 Å². The number of fused-ring (bicyclic) bond motifs is 2. The van der Waals surface area contributed by atoms with E-state index in [1.54, 1.807) is 25.7 Å². The number of alkyl halides is 3. The molecule has 1 aromatic carbocycles. The second-order valence-electron chi connectivity index (χ2n) is 8.25. The lowest BCUT2D eigenvalue weighted by Crippen LogP contribution is -2.50. The summed E-state index contributed by atoms with van der Waals surface area (Å²) in [5.74, 6) is -1.54. The molecule has 0 spiro atoms. The number of benzene rings is 1. The largest absolute Gasteiger partial charge is 0.487 e. The first kappa shape index (κ1) is 21.0. The first-order valence-corrected chi connectivity index (χ1v) is 9.47. The van der Waals surface area contributed by atoms with Crippen LogP contribution in [0.2, 0.25) is 5.02 Å². The van der Waals surface area contributed by atoms with Gasteiger partial charge in [0.2, 0.25) is 0 Å². The van der Waals surface area contributed by atoms with E-state index in [-0.39, 0.29) is 12.1 Å². The van der Waals surface area contributed by atoms with Gasteiger partial charge in [-0.3, -0.25) is 0 Å². The molecule has 3 rings (SSSR count). The van der Waals surface area contributed by atoms with Crippen LogP contribution in [0.15, 0.2) is 12.1 Å². The van der Waals surface area contributed by atoms with Gasteiger partial charge in [0.1, 0.15) is 11.7 Å². The average molecular weight is 424 g/mol. The van der Waals surface area contributed by atoms with Gasteiger partial charge in [0.05, 0.1) is 10.6 Å². The van der Waals surface area contributed by atoms with Crippen LogP contribution in [0.25, 0.3) is 0 Å². The Labute approximate surface area is 165 Å². The molecule has 2 unspecified atom stereocenters. The highest BCUT2D eigenvalue weighted by Crippen LogP contribution is 2.41. The van der Waals surface area contributed by atoms with E-state index in [9.17, 15) is 22.4 Å². The van der Waals surface area contributed by atoms with E-state index in [2.05, 4.69) is 0 Å². The monoisotopic (exact) mass is 423 g/mol. The highest BCUT2D eigenvalue weighted by molar-refractivity contribution is 6.31. The van der Waals surface area contributed by atoms with Crippen molar-refractivity contribution in [3.63, 3.8) is 0 Å². The molecular weight excluding hydrogens is 402 g/mol. The van der Waals surface area contributed by atoms with Crippen LogP contribution in [-0.4, -0.2) is 34.8 Å². The van der Waals surface area contributed by atoms with Gasteiger partial charge in [0.15, 0.2) is 11.6 Å². The number of piperidine rings is 1. The molecule has 28 heavy (non-hydrogen) atoms. The summed E-state index contributed by atoms with van der Waals surface area (Å²) in [6.07, 6.45) is -3.30. The average Bonchev–Trinajstić information content (AvgIpc) is 2.80. The van der Waals surface area contributed by atoms with Gasteiger partial charge in [-0.1, -0.05) is 11.6 Å². The number of nitrogens with zero attached hydrogens (tertiary/aromatic N) is 1. The van der Waals surface area contributed by atoms with E-state index in [1.807, 2.05) is 0 Å². The van der Waals surface area contributed by atoms with Crippen molar-refractivity contribution in [1.29, 1.82) is 0 Å². The zero-order valence-corrected chi connectivity index (χ0v) is 16.5. The van der Waals surface area contributed by atoms with Crippen molar-refractivity contribution >= 4 is 17.7 Å². The Morgan fingerprint density at radius 2 is 1.71 bits per heavy atom. The van der Waals surface area contributed by atoms with Crippen molar-refractivity contribution in [2.24, 2.45) is 0 Å². The molecule has 2 saturated heterocycles. The summed E-state index contributed by atoms with van der Waals surface area (Å²) in [7, 11) is 0.